The average molecular weight is 276 g/mol. The van der Waals surface area contributed by atoms with Crippen molar-refractivity contribution >= 4 is 16.7 Å². The van der Waals surface area contributed by atoms with Crippen molar-refractivity contribution in [3.05, 3.63) is 83.9 Å². The molecule has 0 aliphatic rings. The van der Waals surface area contributed by atoms with E-state index in [9.17, 15) is 4.79 Å². The summed E-state index contributed by atoms with van der Waals surface area (Å²) in [6, 6.07) is 24.0. The number of methoxy groups -OCH3 is 1. The highest BCUT2D eigenvalue weighted by Gasteiger charge is 2.23. The van der Waals surface area contributed by atoms with E-state index in [2.05, 4.69) is 18.2 Å². The first-order chi connectivity index (χ1) is 10.3. The minimum absolute atomic E-state index is 0.239. The van der Waals surface area contributed by atoms with E-state index >= 15 is 0 Å². The van der Waals surface area contributed by atoms with Crippen LogP contribution in [0.3, 0.4) is 0 Å². The van der Waals surface area contributed by atoms with E-state index < -0.39 is 0 Å². The molecule has 0 saturated carbocycles. The van der Waals surface area contributed by atoms with Crippen LogP contribution in [0.2, 0.25) is 0 Å². The molecule has 0 radical (unpaired) electrons. The van der Waals surface area contributed by atoms with Crippen LogP contribution >= 0.6 is 0 Å². The van der Waals surface area contributed by atoms with Gasteiger partial charge in [-0.05, 0) is 28.0 Å². The molecule has 3 aromatic carbocycles. The molecular weight excluding hydrogens is 260 g/mol. The average Bonchev–Trinajstić information content (AvgIpc) is 2.56. The van der Waals surface area contributed by atoms with Gasteiger partial charge < -0.3 is 4.74 Å². The van der Waals surface area contributed by atoms with Crippen LogP contribution in [0.15, 0.2) is 72.8 Å². The van der Waals surface area contributed by atoms with Crippen molar-refractivity contribution in [2.75, 3.05) is 7.11 Å². The fourth-order valence-electron chi connectivity index (χ4n) is 2.62. The van der Waals surface area contributed by atoms with Crippen molar-refractivity contribution in [1.82, 2.24) is 0 Å². The second-order valence-electron chi connectivity index (χ2n) is 4.97. The van der Waals surface area contributed by atoms with Gasteiger partial charge in [0.2, 0.25) is 0 Å². The molecule has 0 spiro atoms. The molecule has 1 atom stereocenters. The van der Waals surface area contributed by atoms with Crippen molar-refractivity contribution in [3.8, 4) is 0 Å². The maximum Gasteiger partial charge on any atom is 0.317 e. The third kappa shape index (κ3) is 2.65. The predicted molar refractivity (Wildman–Crippen MR) is 84.2 cm³/mol. The largest absolute Gasteiger partial charge is 0.468 e. The Morgan fingerprint density at radius 1 is 0.810 bits per heavy atom. The van der Waals surface area contributed by atoms with E-state index in [1.807, 2.05) is 54.6 Å². The highest BCUT2D eigenvalue weighted by atomic mass is 16.5. The zero-order valence-electron chi connectivity index (χ0n) is 11.8. The summed E-state index contributed by atoms with van der Waals surface area (Å²) in [5.41, 5.74) is 1.89. The Labute approximate surface area is 124 Å². The Morgan fingerprint density at radius 3 is 2.19 bits per heavy atom. The van der Waals surface area contributed by atoms with Crippen LogP contribution in [0, 0.1) is 0 Å². The summed E-state index contributed by atoms with van der Waals surface area (Å²) in [7, 11) is 1.43. The SMILES string of the molecule is COC(=O)[C@H](c1ccccc1)c1ccc2ccccc2c1. The third-order valence-corrected chi connectivity index (χ3v) is 3.68. The summed E-state index contributed by atoms with van der Waals surface area (Å²) in [6.45, 7) is 0. The number of benzene rings is 3. The van der Waals surface area contributed by atoms with Crippen molar-refractivity contribution in [2.45, 2.75) is 5.92 Å². The maximum absolute atomic E-state index is 12.2. The van der Waals surface area contributed by atoms with Gasteiger partial charge in [0, 0.05) is 0 Å². The van der Waals surface area contributed by atoms with Crippen LogP contribution in [-0.4, -0.2) is 13.1 Å². The number of carbonyl (C=O) groups is 1. The number of esters is 1. The molecule has 0 bridgehead atoms. The van der Waals surface area contributed by atoms with E-state index in [1.54, 1.807) is 0 Å². The normalized spacial score (nSPS) is 12.0. The molecule has 0 heterocycles. The second-order valence-corrected chi connectivity index (χ2v) is 4.97. The molecule has 3 rings (SSSR count). The van der Waals surface area contributed by atoms with Crippen LogP contribution in [0.1, 0.15) is 17.0 Å². The van der Waals surface area contributed by atoms with E-state index in [0.29, 0.717) is 0 Å². The van der Waals surface area contributed by atoms with Crippen molar-refractivity contribution < 1.29 is 9.53 Å². The zero-order chi connectivity index (χ0) is 14.7. The highest BCUT2D eigenvalue weighted by molar-refractivity contribution is 5.87. The number of hydrogen-bond acceptors (Lipinski definition) is 2. The molecular formula is C19H16O2. The lowest BCUT2D eigenvalue weighted by atomic mass is 9.90. The van der Waals surface area contributed by atoms with Gasteiger partial charge in [0.05, 0.1) is 7.11 Å². The van der Waals surface area contributed by atoms with Crippen LogP contribution < -0.4 is 0 Å². The molecule has 0 N–H and O–H groups in total. The number of hydrogen-bond donors (Lipinski definition) is 0. The van der Waals surface area contributed by atoms with Gasteiger partial charge in [-0.1, -0.05) is 66.7 Å². The fraction of sp³-hybridized carbons (Fsp3) is 0.105. The lowest BCUT2D eigenvalue weighted by Gasteiger charge is -2.16. The lowest BCUT2D eigenvalue weighted by Crippen LogP contribution is -2.15. The topological polar surface area (TPSA) is 26.3 Å². The van der Waals surface area contributed by atoms with Crippen molar-refractivity contribution in [1.29, 1.82) is 0 Å². The highest BCUT2D eigenvalue weighted by Crippen LogP contribution is 2.28. The Hall–Kier alpha value is -2.61. The Balaban J connectivity index is 2.12. The van der Waals surface area contributed by atoms with Crippen LogP contribution in [0.25, 0.3) is 10.8 Å². The molecule has 21 heavy (non-hydrogen) atoms. The van der Waals surface area contributed by atoms with Crippen LogP contribution in [0.4, 0.5) is 0 Å². The van der Waals surface area contributed by atoms with Gasteiger partial charge in [0.25, 0.3) is 0 Å². The summed E-state index contributed by atoms with van der Waals surface area (Å²) >= 11 is 0. The van der Waals surface area contributed by atoms with Gasteiger partial charge in [-0.15, -0.1) is 0 Å². The summed E-state index contributed by atoms with van der Waals surface area (Å²) in [5.74, 6) is -0.628. The van der Waals surface area contributed by atoms with Gasteiger partial charge >= 0.3 is 5.97 Å². The molecule has 0 amide bonds. The fourth-order valence-corrected chi connectivity index (χ4v) is 2.62. The first-order valence-electron chi connectivity index (χ1n) is 6.91. The van der Waals surface area contributed by atoms with Gasteiger partial charge in [0.15, 0.2) is 0 Å². The third-order valence-electron chi connectivity index (χ3n) is 3.68. The van der Waals surface area contributed by atoms with Gasteiger partial charge in [0.1, 0.15) is 5.92 Å². The predicted octanol–water partition coefficient (Wildman–Crippen LogP) is 4.14. The zero-order valence-corrected chi connectivity index (χ0v) is 11.8. The number of carbonyl (C=O) groups excluding carboxylic acids is 1. The smallest absolute Gasteiger partial charge is 0.317 e. The van der Waals surface area contributed by atoms with Crippen molar-refractivity contribution in [3.63, 3.8) is 0 Å². The number of fused-ring (bicyclic) bond motifs is 1. The molecule has 0 saturated heterocycles. The molecule has 0 aromatic heterocycles. The summed E-state index contributed by atoms with van der Waals surface area (Å²) in [4.78, 5) is 12.2. The van der Waals surface area contributed by atoms with E-state index in [0.717, 1.165) is 21.9 Å². The number of ether oxygens (including phenoxy) is 1. The van der Waals surface area contributed by atoms with Crippen LogP contribution in [0.5, 0.6) is 0 Å². The molecule has 0 aliphatic heterocycles. The summed E-state index contributed by atoms with van der Waals surface area (Å²) < 4.78 is 4.99. The first kappa shape index (κ1) is 13.4. The maximum atomic E-state index is 12.2. The monoisotopic (exact) mass is 276 g/mol. The quantitative estimate of drug-likeness (QED) is 0.672. The molecule has 104 valence electrons. The van der Waals surface area contributed by atoms with Gasteiger partial charge in [-0.25, -0.2) is 0 Å². The molecule has 0 unspecified atom stereocenters. The van der Waals surface area contributed by atoms with E-state index in [4.69, 9.17) is 4.74 Å². The minimum Gasteiger partial charge on any atom is -0.468 e. The lowest BCUT2D eigenvalue weighted by molar-refractivity contribution is -0.141. The molecule has 0 aliphatic carbocycles. The summed E-state index contributed by atoms with van der Waals surface area (Å²) in [5, 5.41) is 2.29. The molecule has 2 nitrogen and oxygen atoms in total. The Kier molecular flexibility index (Phi) is 3.69. The summed E-state index contributed by atoms with van der Waals surface area (Å²) in [6.07, 6.45) is 0. The Morgan fingerprint density at radius 2 is 1.48 bits per heavy atom. The molecule has 0 fully saturated rings. The van der Waals surface area contributed by atoms with E-state index in [-0.39, 0.29) is 11.9 Å². The minimum atomic E-state index is -0.388. The molecule has 3 aromatic rings. The van der Waals surface area contributed by atoms with Gasteiger partial charge in [-0.3, -0.25) is 4.79 Å². The first-order valence-corrected chi connectivity index (χ1v) is 6.91. The Bertz CT molecular complexity index is 763. The molecule has 2 heteroatoms. The van der Waals surface area contributed by atoms with Crippen LogP contribution in [-0.2, 0) is 9.53 Å². The van der Waals surface area contributed by atoms with Crippen molar-refractivity contribution in [2.24, 2.45) is 0 Å². The second kappa shape index (κ2) is 5.80. The number of rotatable bonds is 3. The standard InChI is InChI=1S/C19H16O2/c1-21-19(20)18(15-8-3-2-4-9-15)17-12-11-14-7-5-6-10-16(14)13-17/h2-13,18H,1H3/t18-/m1/s1. The van der Waals surface area contributed by atoms with E-state index in [1.165, 1.54) is 7.11 Å². The van der Waals surface area contributed by atoms with Gasteiger partial charge in [-0.2, -0.15) is 0 Å².